The molecule has 2 aromatic heterocycles. The number of furan rings is 1. The number of nitrogens with zero attached hydrogens (tertiary/aromatic N) is 2. The third-order valence-corrected chi connectivity index (χ3v) is 4.97. The van der Waals surface area contributed by atoms with Crippen molar-refractivity contribution in [1.29, 1.82) is 0 Å². The monoisotopic (exact) mass is 440 g/mol. The zero-order valence-electron chi connectivity index (χ0n) is 18.5. The number of ether oxygens (including phenoxy) is 1. The van der Waals surface area contributed by atoms with Gasteiger partial charge in [0.1, 0.15) is 17.3 Å². The molecule has 1 amide bonds. The molecule has 9 nitrogen and oxygen atoms in total. The summed E-state index contributed by atoms with van der Waals surface area (Å²) < 4.78 is 12.3. The van der Waals surface area contributed by atoms with Crippen LogP contribution in [0, 0.1) is 13.8 Å². The van der Waals surface area contributed by atoms with Crippen LogP contribution in [0.3, 0.4) is 0 Å². The summed E-state index contributed by atoms with van der Waals surface area (Å²) in [4.78, 5) is 41.6. The molecule has 0 atom stereocenters. The van der Waals surface area contributed by atoms with Gasteiger partial charge in [0.15, 0.2) is 12.3 Å². The summed E-state index contributed by atoms with van der Waals surface area (Å²) in [7, 11) is 0. The second-order valence-electron chi connectivity index (χ2n) is 7.67. The van der Waals surface area contributed by atoms with Gasteiger partial charge in [-0.1, -0.05) is 19.4 Å². The minimum Gasteiger partial charge on any atom is -0.484 e. The van der Waals surface area contributed by atoms with Gasteiger partial charge in [0.05, 0.1) is 12.8 Å². The maximum Gasteiger partial charge on any atom is 0.330 e. The van der Waals surface area contributed by atoms with E-state index >= 15 is 0 Å². The molecule has 3 rings (SSSR count). The summed E-state index contributed by atoms with van der Waals surface area (Å²) in [6, 6.07) is 9.01. The lowest BCUT2D eigenvalue weighted by molar-refractivity contribution is -0.120. The van der Waals surface area contributed by atoms with E-state index in [9.17, 15) is 14.4 Å². The number of amides is 1. The molecule has 0 unspecified atom stereocenters. The normalized spacial score (nSPS) is 10.8. The predicted molar refractivity (Wildman–Crippen MR) is 122 cm³/mol. The number of hydrogen-bond donors (Lipinski definition) is 2. The maximum absolute atomic E-state index is 13.2. The number of carbonyl (C=O) groups is 1. The Kier molecular flexibility index (Phi) is 7.19. The number of aromatic amines is 1. The average Bonchev–Trinajstić information content (AvgIpc) is 3.23. The topological polar surface area (TPSA) is 124 Å². The van der Waals surface area contributed by atoms with Gasteiger partial charge in [-0.2, -0.15) is 0 Å². The largest absolute Gasteiger partial charge is 0.484 e. The number of nitrogens with one attached hydrogen (secondary N) is 1. The predicted octanol–water partition coefficient (Wildman–Crippen LogP) is 2.74. The molecule has 0 saturated carbocycles. The van der Waals surface area contributed by atoms with Gasteiger partial charge in [0, 0.05) is 6.54 Å². The van der Waals surface area contributed by atoms with E-state index in [4.69, 9.17) is 14.9 Å². The van der Waals surface area contributed by atoms with Crippen LogP contribution in [0.15, 0.2) is 50.6 Å². The molecule has 170 valence electrons. The van der Waals surface area contributed by atoms with Crippen LogP contribution in [0.4, 0.5) is 11.5 Å². The van der Waals surface area contributed by atoms with Crippen LogP contribution in [-0.4, -0.2) is 22.1 Å². The van der Waals surface area contributed by atoms with E-state index in [1.165, 1.54) is 15.7 Å². The van der Waals surface area contributed by atoms with Gasteiger partial charge in [0.2, 0.25) is 0 Å². The molecule has 3 N–H and O–H groups in total. The fraction of sp³-hybridized carbons (Fsp3) is 0.348. The molecule has 0 aliphatic heterocycles. The standard InChI is InChI=1S/C23H28N4O5/c1-4-5-8-26-21(24)20(22(29)25-23(26)30)27(13-17-7-6-9-31-17)19(28)14-32-18-11-15(2)10-16(3)12-18/h6-7,9-12H,4-5,8,13-14,24H2,1-3H3,(H,25,29,30). The molecule has 3 aromatic rings. The summed E-state index contributed by atoms with van der Waals surface area (Å²) in [5.41, 5.74) is 6.77. The third kappa shape index (κ3) is 5.29. The quantitative estimate of drug-likeness (QED) is 0.527. The first-order valence-electron chi connectivity index (χ1n) is 10.5. The molecule has 0 spiro atoms. The van der Waals surface area contributed by atoms with Crippen LogP contribution < -0.4 is 26.6 Å². The second-order valence-corrected chi connectivity index (χ2v) is 7.67. The van der Waals surface area contributed by atoms with E-state index in [0.717, 1.165) is 17.5 Å². The summed E-state index contributed by atoms with van der Waals surface area (Å²) in [6.45, 7) is 5.81. The molecule has 9 heteroatoms. The van der Waals surface area contributed by atoms with E-state index in [2.05, 4.69) is 4.98 Å². The minimum absolute atomic E-state index is 0.0404. The van der Waals surface area contributed by atoms with Crippen LogP contribution in [0.5, 0.6) is 5.75 Å². The Morgan fingerprint density at radius 2 is 1.94 bits per heavy atom. The lowest BCUT2D eigenvalue weighted by atomic mass is 10.1. The zero-order valence-corrected chi connectivity index (χ0v) is 18.5. The summed E-state index contributed by atoms with van der Waals surface area (Å²) in [6.07, 6.45) is 3.00. The highest BCUT2D eigenvalue weighted by atomic mass is 16.5. The smallest absolute Gasteiger partial charge is 0.330 e. The van der Waals surface area contributed by atoms with Crippen molar-refractivity contribution in [2.75, 3.05) is 17.2 Å². The second kappa shape index (κ2) is 10.0. The first-order chi connectivity index (χ1) is 15.3. The highest BCUT2D eigenvalue weighted by Gasteiger charge is 2.25. The molecule has 0 radical (unpaired) electrons. The van der Waals surface area contributed by atoms with Gasteiger partial charge in [-0.15, -0.1) is 0 Å². The summed E-state index contributed by atoms with van der Waals surface area (Å²) >= 11 is 0. The van der Waals surface area contributed by atoms with E-state index in [1.807, 2.05) is 39.0 Å². The Balaban J connectivity index is 1.96. The van der Waals surface area contributed by atoms with Crippen molar-refractivity contribution in [2.45, 2.75) is 46.7 Å². The van der Waals surface area contributed by atoms with Crippen LogP contribution >= 0.6 is 0 Å². The number of H-pyrrole nitrogens is 1. The zero-order chi connectivity index (χ0) is 23.3. The first kappa shape index (κ1) is 22.9. The first-order valence-corrected chi connectivity index (χ1v) is 10.5. The van der Waals surface area contributed by atoms with Crippen molar-refractivity contribution in [3.05, 3.63) is 74.3 Å². The Bertz CT molecular complexity index is 1170. The fourth-order valence-corrected chi connectivity index (χ4v) is 3.47. The van der Waals surface area contributed by atoms with Gasteiger partial charge in [-0.05, 0) is 55.7 Å². The van der Waals surface area contributed by atoms with E-state index in [0.29, 0.717) is 24.5 Å². The van der Waals surface area contributed by atoms with E-state index < -0.39 is 17.2 Å². The lowest BCUT2D eigenvalue weighted by Gasteiger charge is -2.24. The number of hydrogen-bond acceptors (Lipinski definition) is 6. The van der Waals surface area contributed by atoms with Crippen molar-refractivity contribution >= 4 is 17.4 Å². The number of anilines is 2. The maximum atomic E-state index is 13.2. The van der Waals surface area contributed by atoms with Crippen LogP contribution in [0.2, 0.25) is 0 Å². The SMILES string of the molecule is CCCCn1c(N)c(N(Cc2ccco2)C(=O)COc2cc(C)cc(C)c2)c(=O)[nH]c1=O. The molecular weight excluding hydrogens is 412 g/mol. The number of aromatic nitrogens is 2. The lowest BCUT2D eigenvalue weighted by Crippen LogP contribution is -2.42. The molecule has 0 bridgehead atoms. The summed E-state index contributed by atoms with van der Waals surface area (Å²) in [5.74, 6) is 0.426. The van der Waals surface area contributed by atoms with E-state index in [-0.39, 0.29) is 24.7 Å². The van der Waals surface area contributed by atoms with Crippen LogP contribution in [0.1, 0.15) is 36.7 Å². The molecule has 32 heavy (non-hydrogen) atoms. The van der Waals surface area contributed by atoms with E-state index in [1.54, 1.807) is 12.1 Å². The van der Waals surface area contributed by atoms with Crippen molar-refractivity contribution < 1.29 is 13.9 Å². The number of rotatable bonds is 9. The molecule has 0 fully saturated rings. The highest BCUT2D eigenvalue weighted by molar-refractivity contribution is 5.96. The Hall–Kier alpha value is -3.75. The van der Waals surface area contributed by atoms with Crippen LogP contribution in [-0.2, 0) is 17.9 Å². The molecular formula is C23H28N4O5. The number of nitrogen functional groups attached to an aromatic ring is 1. The highest BCUT2D eigenvalue weighted by Crippen LogP contribution is 2.21. The van der Waals surface area contributed by atoms with Gasteiger partial charge < -0.3 is 14.9 Å². The third-order valence-electron chi connectivity index (χ3n) is 4.97. The number of benzene rings is 1. The van der Waals surface area contributed by atoms with Gasteiger partial charge in [-0.3, -0.25) is 24.0 Å². The van der Waals surface area contributed by atoms with Crippen LogP contribution in [0.25, 0.3) is 0 Å². The van der Waals surface area contributed by atoms with Gasteiger partial charge in [-0.25, -0.2) is 4.79 Å². The van der Waals surface area contributed by atoms with Gasteiger partial charge in [0.25, 0.3) is 11.5 Å². The Labute approximate surface area is 185 Å². The van der Waals surface area contributed by atoms with Crippen molar-refractivity contribution in [2.24, 2.45) is 0 Å². The van der Waals surface area contributed by atoms with Gasteiger partial charge >= 0.3 is 5.69 Å². The Morgan fingerprint density at radius 1 is 1.22 bits per heavy atom. The molecule has 1 aromatic carbocycles. The number of carbonyl (C=O) groups excluding carboxylic acids is 1. The van der Waals surface area contributed by atoms with Crippen molar-refractivity contribution in [3.63, 3.8) is 0 Å². The number of unbranched alkanes of at least 4 members (excludes halogenated alkanes) is 1. The molecule has 2 heterocycles. The molecule has 0 saturated heterocycles. The number of aryl methyl sites for hydroxylation is 2. The molecule has 0 aliphatic rings. The fourth-order valence-electron chi connectivity index (χ4n) is 3.47. The molecule has 0 aliphatic carbocycles. The average molecular weight is 441 g/mol. The minimum atomic E-state index is -0.744. The number of nitrogens with two attached hydrogens (primary N) is 1. The van der Waals surface area contributed by atoms with Crippen molar-refractivity contribution in [3.8, 4) is 5.75 Å². The summed E-state index contributed by atoms with van der Waals surface area (Å²) in [5, 5.41) is 0. The Morgan fingerprint density at radius 3 is 2.56 bits per heavy atom. The van der Waals surface area contributed by atoms with Crippen molar-refractivity contribution in [1.82, 2.24) is 9.55 Å².